The van der Waals surface area contributed by atoms with Crippen LogP contribution in [0.1, 0.15) is 141 Å². The van der Waals surface area contributed by atoms with Gasteiger partial charge in [0.05, 0.1) is 16.1 Å². The van der Waals surface area contributed by atoms with Gasteiger partial charge in [0.2, 0.25) is 0 Å². The molecule has 0 N–H and O–H groups in total. The van der Waals surface area contributed by atoms with E-state index < -0.39 is 16.1 Å². The van der Waals surface area contributed by atoms with Crippen molar-refractivity contribution < 1.29 is 0 Å². The topological polar surface area (TPSA) is 0 Å². The van der Waals surface area contributed by atoms with Gasteiger partial charge in [-0.15, -0.1) is 0 Å². The van der Waals surface area contributed by atoms with Gasteiger partial charge in [-0.05, 0) is 98.0 Å². The summed E-state index contributed by atoms with van der Waals surface area (Å²) in [5.74, 6) is 6.12. The summed E-state index contributed by atoms with van der Waals surface area (Å²) in [4.78, 5) is 0. The molecule has 0 nitrogen and oxygen atoms in total. The van der Waals surface area contributed by atoms with Crippen LogP contribution in [0.15, 0.2) is 23.6 Å². The van der Waals surface area contributed by atoms with Crippen molar-refractivity contribution in [2.24, 2.45) is 35.5 Å². The first-order valence-corrected chi connectivity index (χ1v) is 25.0. The minimum absolute atomic E-state index is 0.900. The van der Waals surface area contributed by atoms with E-state index in [1.807, 2.05) is 0 Å². The summed E-state index contributed by atoms with van der Waals surface area (Å²) in [7, 11) is -2.55. The third-order valence-electron chi connectivity index (χ3n) is 13.7. The lowest BCUT2D eigenvalue weighted by atomic mass is 9.71. The van der Waals surface area contributed by atoms with Gasteiger partial charge in [-0.25, -0.2) is 0 Å². The van der Waals surface area contributed by atoms with Gasteiger partial charge in [-0.2, -0.15) is 0 Å². The molecule has 0 bridgehead atoms. The Morgan fingerprint density at radius 2 is 0.650 bits per heavy atom. The SMILES string of the molecule is C[Si](C)(C=CC1CCC(C2CCCCC2)CC1)C1CCC([Si](C)(C)C=CC2CCC(C3CCCCC3)CC2)CC1. The van der Waals surface area contributed by atoms with Gasteiger partial charge in [0, 0.05) is 0 Å². The van der Waals surface area contributed by atoms with Crippen molar-refractivity contribution >= 4 is 16.1 Å². The van der Waals surface area contributed by atoms with Crippen molar-refractivity contribution in [1.29, 1.82) is 0 Å². The minimum atomic E-state index is -1.27. The summed E-state index contributed by atoms with van der Waals surface area (Å²) >= 11 is 0. The van der Waals surface area contributed by atoms with E-state index in [1.54, 1.807) is 25.7 Å². The van der Waals surface area contributed by atoms with E-state index in [-0.39, 0.29) is 0 Å². The zero-order valence-corrected chi connectivity index (χ0v) is 29.5. The molecule has 0 radical (unpaired) electrons. The normalized spacial score (nSPS) is 36.4. The predicted octanol–water partition coefficient (Wildman–Crippen LogP) is 12.7. The number of rotatable bonds is 8. The third-order valence-corrected chi connectivity index (χ3v) is 21.2. The highest BCUT2D eigenvalue weighted by atomic mass is 28.3. The van der Waals surface area contributed by atoms with Crippen LogP contribution in [0.25, 0.3) is 0 Å². The Bertz CT molecular complexity index is 719. The second-order valence-corrected chi connectivity index (χ2v) is 26.6. The summed E-state index contributed by atoms with van der Waals surface area (Å²) in [6.07, 6.45) is 39.0. The Morgan fingerprint density at radius 3 is 0.975 bits per heavy atom. The largest absolute Gasteiger partial charge is 0.0981 e. The van der Waals surface area contributed by atoms with Crippen molar-refractivity contribution in [2.75, 3.05) is 0 Å². The molecule has 228 valence electrons. The maximum absolute atomic E-state index is 2.83. The molecule has 5 aliphatic carbocycles. The Labute approximate surface area is 253 Å². The van der Waals surface area contributed by atoms with Gasteiger partial charge >= 0.3 is 0 Å². The van der Waals surface area contributed by atoms with Crippen molar-refractivity contribution in [3.63, 3.8) is 0 Å². The van der Waals surface area contributed by atoms with Crippen LogP contribution < -0.4 is 0 Å². The number of allylic oxidation sites excluding steroid dienone is 2. The van der Waals surface area contributed by atoms with Crippen LogP contribution >= 0.6 is 0 Å². The van der Waals surface area contributed by atoms with Crippen LogP contribution in [0.5, 0.6) is 0 Å². The molecule has 0 aromatic heterocycles. The van der Waals surface area contributed by atoms with Crippen molar-refractivity contribution in [3.05, 3.63) is 23.6 Å². The van der Waals surface area contributed by atoms with Gasteiger partial charge in [-0.3, -0.25) is 0 Å². The number of hydrogen-bond acceptors (Lipinski definition) is 0. The highest BCUT2D eigenvalue weighted by Crippen LogP contribution is 2.47. The molecule has 0 spiro atoms. The first kappa shape index (κ1) is 31.3. The van der Waals surface area contributed by atoms with Gasteiger partial charge < -0.3 is 0 Å². The van der Waals surface area contributed by atoms with Crippen molar-refractivity contribution in [3.8, 4) is 0 Å². The quantitative estimate of drug-likeness (QED) is 0.250. The van der Waals surface area contributed by atoms with E-state index >= 15 is 0 Å². The maximum atomic E-state index is 2.83. The van der Waals surface area contributed by atoms with E-state index in [0.717, 1.165) is 46.6 Å². The molecule has 0 heterocycles. The van der Waals surface area contributed by atoms with Gasteiger partial charge in [0.15, 0.2) is 0 Å². The van der Waals surface area contributed by atoms with Crippen LogP contribution in [0.4, 0.5) is 0 Å². The van der Waals surface area contributed by atoms with Crippen LogP contribution in [0.2, 0.25) is 37.3 Å². The van der Waals surface area contributed by atoms with E-state index in [0.29, 0.717) is 0 Å². The lowest BCUT2D eigenvalue weighted by Gasteiger charge is -2.41. The molecule has 5 fully saturated rings. The molecule has 0 aliphatic heterocycles. The molecular weight excluding hydrogens is 513 g/mol. The van der Waals surface area contributed by atoms with E-state index in [1.165, 1.54) is 116 Å². The summed E-state index contributed by atoms with van der Waals surface area (Å²) < 4.78 is 0. The zero-order valence-electron chi connectivity index (χ0n) is 27.5. The molecule has 5 aliphatic rings. The molecule has 0 aromatic rings. The highest BCUT2D eigenvalue weighted by Gasteiger charge is 2.38. The molecule has 2 heteroatoms. The molecule has 40 heavy (non-hydrogen) atoms. The van der Waals surface area contributed by atoms with Gasteiger partial charge in [0.1, 0.15) is 0 Å². The summed E-state index contributed by atoms with van der Waals surface area (Å²) in [5.41, 5.74) is 7.72. The van der Waals surface area contributed by atoms with Crippen LogP contribution in [-0.2, 0) is 0 Å². The average molecular weight is 581 g/mol. The smallest absolute Gasteiger partial charge is 0.0743 e. The van der Waals surface area contributed by atoms with E-state index in [9.17, 15) is 0 Å². The zero-order chi connectivity index (χ0) is 28.0. The molecule has 0 atom stereocenters. The van der Waals surface area contributed by atoms with E-state index in [2.05, 4.69) is 49.7 Å². The molecule has 0 saturated heterocycles. The van der Waals surface area contributed by atoms with Crippen molar-refractivity contribution in [1.82, 2.24) is 0 Å². The fourth-order valence-electron chi connectivity index (χ4n) is 10.5. The second-order valence-electron chi connectivity index (χ2n) is 17.1. The maximum Gasteiger partial charge on any atom is 0.0743 e. The van der Waals surface area contributed by atoms with Crippen LogP contribution in [-0.4, -0.2) is 16.1 Å². The third kappa shape index (κ3) is 8.51. The predicted molar refractivity (Wildman–Crippen MR) is 183 cm³/mol. The second kappa shape index (κ2) is 14.6. The summed E-state index contributed by atoms with van der Waals surface area (Å²) in [6.45, 7) is 10.8. The highest BCUT2D eigenvalue weighted by molar-refractivity contribution is 6.84. The van der Waals surface area contributed by atoms with Crippen LogP contribution in [0.3, 0.4) is 0 Å². The van der Waals surface area contributed by atoms with E-state index in [4.69, 9.17) is 0 Å². The molecule has 0 amide bonds. The number of hydrogen-bond donors (Lipinski definition) is 0. The molecular formula is C38H68Si2. The first-order chi connectivity index (χ1) is 19.3. The Kier molecular flexibility index (Phi) is 11.4. The molecule has 5 saturated carbocycles. The molecule has 0 unspecified atom stereocenters. The minimum Gasteiger partial charge on any atom is -0.0981 e. The lowest BCUT2D eigenvalue weighted by molar-refractivity contribution is 0.180. The summed E-state index contributed by atoms with van der Waals surface area (Å²) in [5, 5.41) is 0. The fourth-order valence-corrected chi connectivity index (χ4v) is 16.2. The van der Waals surface area contributed by atoms with Crippen molar-refractivity contribution in [2.45, 2.75) is 179 Å². The van der Waals surface area contributed by atoms with Gasteiger partial charge in [0.25, 0.3) is 0 Å². The monoisotopic (exact) mass is 580 g/mol. The summed E-state index contributed by atoms with van der Waals surface area (Å²) in [6, 6.07) is 0. The first-order valence-electron chi connectivity index (χ1n) is 18.7. The Hall–Kier alpha value is -0.0862. The van der Waals surface area contributed by atoms with Crippen LogP contribution in [0, 0.1) is 35.5 Å². The molecule has 0 aromatic carbocycles. The van der Waals surface area contributed by atoms with Gasteiger partial charge in [-0.1, -0.05) is 140 Å². The lowest BCUT2D eigenvalue weighted by Crippen LogP contribution is -2.38. The average Bonchev–Trinajstić information content (AvgIpc) is 3.00. The Morgan fingerprint density at radius 1 is 0.350 bits per heavy atom. The fraction of sp³-hybridized carbons (Fsp3) is 0.895. The standard InChI is InChI=1S/C38H68Si2/c1-39(2,29-27-31-15-19-35(20-16-31)33-11-7-5-8-12-33)37-23-25-38(26-24-37)40(3,4)30-28-32-17-21-36(22-18-32)34-13-9-6-10-14-34/h27-38H,5-26H2,1-4H3. The molecule has 5 rings (SSSR count). The Balaban J connectivity index is 1.03.